The average Bonchev–Trinajstić information content (AvgIpc) is 2.81. The van der Waals surface area contributed by atoms with Crippen molar-refractivity contribution in [3.63, 3.8) is 0 Å². The largest absolute Gasteiger partial charge is 0.354 e. The maximum atomic E-state index is 12.0. The van der Waals surface area contributed by atoms with Crippen LogP contribution in [0.4, 0.5) is 5.69 Å². The number of para-hydroxylation sites is 1. The number of aryl methyl sites for hydroxylation is 2. The van der Waals surface area contributed by atoms with Crippen molar-refractivity contribution in [1.82, 2.24) is 10.3 Å². The molecule has 2 N–H and O–H groups in total. The highest BCUT2D eigenvalue weighted by molar-refractivity contribution is 7.13. The van der Waals surface area contributed by atoms with Crippen LogP contribution < -0.4 is 10.6 Å². The monoisotopic (exact) mass is 303 g/mol. The van der Waals surface area contributed by atoms with Crippen LogP contribution in [0.5, 0.6) is 0 Å². The number of thiazole rings is 1. The molecule has 21 heavy (non-hydrogen) atoms. The van der Waals surface area contributed by atoms with Crippen molar-refractivity contribution < 1.29 is 9.59 Å². The molecule has 1 aromatic carbocycles. The fourth-order valence-corrected chi connectivity index (χ4v) is 2.91. The van der Waals surface area contributed by atoms with E-state index in [1.807, 2.05) is 31.2 Å². The van der Waals surface area contributed by atoms with Gasteiger partial charge in [0.15, 0.2) is 0 Å². The quantitative estimate of drug-likeness (QED) is 0.910. The van der Waals surface area contributed by atoms with Gasteiger partial charge in [-0.25, -0.2) is 4.98 Å². The summed E-state index contributed by atoms with van der Waals surface area (Å²) in [7, 11) is 1.58. The van der Waals surface area contributed by atoms with Crippen LogP contribution in [-0.4, -0.2) is 23.8 Å². The van der Waals surface area contributed by atoms with Gasteiger partial charge >= 0.3 is 0 Å². The first-order valence-corrected chi connectivity index (χ1v) is 7.36. The number of nitrogens with one attached hydrogen (secondary N) is 2. The number of aromatic nitrogens is 1. The first-order chi connectivity index (χ1) is 10.0. The molecule has 2 amide bonds. The molecular formula is C15H17N3O2S. The van der Waals surface area contributed by atoms with Gasteiger partial charge < -0.3 is 10.6 Å². The highest BCUT2D eigenvalue weighted by Gasteiger charge is 2.16. The first-order valence-electron chi connectivity index (χ1n) is 6.55. The van der Waals surface area contributed by atoms with Gasteiger partial charge in [-0.3, -0.25) is 9.59 Å². The van der Waals surface area contributed by atoms with Gasteiger partial charge in [0.2, 0.25) is 5.91 Å². The van der Waals surface area contributed by atoms with Crippen molar-refractivity contribution in [3.8, 4) is 0 Å². The molecule has 0 bridgehead atoms. The van der Waals surface area contributed by atoms with E-state index in [-0.39, 0.29) is 18.2 Å². The summed E-state index contributed by atoms with van der Waals surface area (Å²) in [4.78, 5) is 28.5. The van der Waals surface area contributed by atoms with Gasteiger partial charge in [-0.2, -0.15) is 0 Å². The van der Waals surface area contributed by atoms with E-state index in [9.17, 15) is 9.59 Å². The number of hydrogen-bond donors (Lipinski definition) is 2. The summed E-state index contributed by atoms with van der Waals surface area (Å²) in [6, 6.07) is 7.59. The highest BCUT2D eigenvalue weighted by atomic mass is 32.1. The molecule has 5 nitrogen and oxygen atoms in total. The number of hydrogen-bond acceptors (Lipinski definition) is 4. The topological polar surface area (TPSA) is 71.1 Å². The number of anilines is 1. The minimum absolute atomic E-state index is 0.137. The van der Waals surface area contributed by atoms with Gasteiger partial charge in [-0.05, 0) is 25.5 Å². The van der Waals surface area contributed by atoms with Crippen molar-refractivity contribution in [2.24, 2.45) is 0 Å². The second-order valence-electron chi connectivity index (χ2n) is 4.64. The molecule has 6 heteroatoms. The average molecular weight is 303 g/mol. The maximum absolute atomic E-state index is 12.0. The summed E-state index contributed by atoms with van der Waals surface area (Å²) in [6.45, 7) is 3.71. The molecule has 0 spiro atoms. The predicted molar refractivity (Wildman–Crippen MR) is 83.8 cm³/mol. The lowest BCUT2D eigenvalue weighted by Crippen LogP contribution is -2.17. The number of carbonyl (C=O) groups is 2. The summed E-state index contributed by atoms with van der Waals surface area (Å²) in [5.41, 5.74) is 2.45. The van der Waals surface area contributed by atoms with Gasteiger partial charge in [0.05, 0.1) is 12.1 Å². The lowest BCUT2D eigenvalue weighted by atomic mass is 10.2. The lowest BCUT2D eigenvalue weighted by molar-refractivity contribution is -0.115. The zero-order valence-electron chi connectivity index (χ0n) is 12.2. The zero-order valence-corrected chi connectivity index (χ0v) is 13.0. The van der Waals surface area contributed by atoms with Gasteiger partial charge in [-0.15, -0.1) is 11.3 Å². The van der Waals surface area contributed by atoms with Crippen LogP contribution in [0, 0.1) is 13.8 Å². The van der Waals surface area contributed by atoms with E-state index in [1.54, 1.807) is 14.0 Å². The zero-order chi connectivity index (χ0) is 15.4. The summed E-state index contributed by atoms with van der Waals surface area (Å²) < 4.78 is 0. The van der Waals surface area contributed by atoms with Gasteiger partial charge in [0.25, 0.3) is 5.91 Å². The molecule has 1 aromatic heterocycles. The summed E-state index contributed by atoms with van der Waals surface area (Å²) >= 11 is 1.25. The Labute approximate surface area is 127 Å². The van der Waals surface area contributed by atoms with E-state index in [2.05, 4.69) is 15.6 Å². The molecule has 1 heterocycles. The number of benzene rings is 1. The van der Waals surface area contributed by atoms with Crippen LogP contribution >= 0.6 is 11.3 Å². The Morgan fingerprint density at radius 3 is 2.62 bits per heavy atom. The second kappa shape index (κ2) is 6.49. The molecule has 2 aromatic rings. The molecule has 0 atom stereocenters. The van der Waals surface area contributed by atoms with Crippen LogP contribution in [0.2, 0.25) is 0 Å². The van der Waals surface area contributed by atoms with E-state index in [1.165, 1.54) is 11.3 Å². The van der Waals surface area contributed by atoms with E-state index in [4.69, 9.17) is 0 Å². The maximum Gasteiger partial charge on any atom is 0.263 e. The standard InChI is InChI=1S/C15H17N3O2S/c1-9-6-4-5-7-11(9)18-12(19)8-13-17-10(2)14(21-13)15(20)16-3/h4-7H,8H2,1-3H3,(H,16,20)(H,18,19). The van der Waals surface area contributed by atoms with Gasteiger partial charge in [0.1, 0.15) is 9.88 Å². The Morgan fingerprint density at radius 1 is 1.24 bits per heavy atom. The Kier molecular flexibility index (Phi) is 4.70. The van der Waals surface area contributed by atoms with E-state index >= 15 is 0 Å². The summed E-state index contributed by atoms with van der Waals surface area (Å²) in [6.07, 6.45) is 0.164. The minimum Gasteiger partial charge on any atom is -0.354 e. The Morgan fingerprint density at radius 2 is 1.95 bits per heavy atom. The lowest BCUT2D eigenvalue weighted by Gasteiger charge is -2.06. The van der Waals surface area contributed by atoms with E-state index < -0.39 is 0 Å². The van der Waals surface area contributed by atoms with Crippen LogP contribution in [0.3, 0.4) is 0 Å². The Balaban J connectivity index is 2.07. The van der Waals surface area contributed by atoms with Gasteiger partial charge in [0, 0.05) is 12.7 Å². The minimum atomic E-state index is -0.171. The van der Waals surface area contributed by atoms with Gasteiger partial charge in [-0.1, -0.05) is 18.2 Å². The molecule has 0 aliphatic heterocycles. The Bertz CT molecular complexity index is 679. The number of nitrogens with zero attached hydrogens (tertiary/aromatic N) is 1. The molecule has 0 fully saturated rings. The molecule has 110 valence electrons. The fourth-order valence-electron chi connectivity index (χ4n) is 1.90. The third kappa shape index (κ3) is 3.66. The molecule has 0 unspecified atom stereocenters. The molecule has 0 aliphatic carbocycles. The fraction of sp³-hybridized carbons (Fsp3) is 0.267. The molecule has 2 rings (SSSR count). The van der Waals surface area contributed by atoms with E-state index in [0.29, 0.717) is 15.6 Å². The van der Waals surface area contributed by atoms with Crippen molar-refractivity contribution >= 4 is 28.8 Å². The third-order valence-corrected chi connectivity index (χ3v) is 4.16. The third-order valence-electron chi connectivity index (χ3n) is 3.01. The van der Waals surface area contributed by atoms with Crippen molar-refractivity contribution in [3.05, 3.63) is 45.4 Å². The second-order valence-corrected chi connectivity index (χ2v) is 5.72. The summed E-state index contributed by atoms with van der Waals surface area (Å²) in [5.74, 6) is -0.308. The Hall–Kier alpha value is -2.21. The normalized spacial score (nSPS) is 10.2. The van der Waals surface area contributed by atoms with Crippen LogP contribution in [0.25, 0.3) is 0 Å². The molecule has 0 saturated heterocycles. The van der Waals surface area contributed by atoms with Crippen molar-refractivity contribution in [2.45, 2.75) is 20.3 Å². The van der Waals surface area contributed by atoms with Crippen LogP contribution in [-0.2, 0) is 11.2 Å². The van der Waals surface area contributed by atoms with Crippen LogP contribution in [0.15, 0.2) is 24.3 Å². The molecule has 0 radical (unpaired) electrons. The molecule has 0 saturated carbocycles. The predicted octanol–water partition coefficient (Wildman–Crippen LogP) is 2.30. The van der Waals surface area contributed by atoms with Crippen molar-refractivity contribution in [2.75, 3.05) is 12.4 Å². The number of amides is 2. The highest BCUT2D eigenvalue weighted by Crippen LogP contribution is 2.19. The first kappa shape index (κ1) is 15.2. The SMILES string of the molecule is CNC(=O)c1sc(CC(=O)Nc2ccccc2C)nc1C. The van der Waals surface area contributed by atoms with Crippen LogP contribution in [0.1, 0.15) is 25.9 Å². The smallest absolute Gasteiger partial charge is 0.263 e. The summed E-state index contributed by atoms with van der Waals surface area (Å²) in [5, 5.41) is 6.06. The number of carbonyl (C=O) groups excluding carboxylic acids is 2. The van der Waals surface area contributed by atoms with E-state index in [0.717, 1.165) is 11.3 Å². The number of rotatable bonds is 4. The molecular weight excluding hydrogens is 286 g/mol. The van der Waals surface area contributed by atoms with Crippen molar-refractivity contribution in [1.29, 1.82) is 0 Å². The molecule has 0 aliphatic rings.